The summed E-state index contributed by atoms with van der Waals surface area (Å²) in [6.07, 6.45) is 2.89. The van der Waals surface area contributed by atoms with Crippen LogP contribution in [0.4, 0.5) is 5.13 Å². The van der Waals surface area contributed by atoms with E-state index in [-0.39, 0.29) is 34.6 Å². The number of ketones is 2. The lowest BCUT2D eigenvalue weighted by Crippen LogP contribution is -2.30. The van der Waals surface area contributed by atoms with Crippen LogP contribution in [-0.2, 0) is 9.59 Å². The maximum Gasteiger partial charge on any atom is 0.296 e. The fourth-order valence-electron chi connectivity index (χ4n) is 3.98. The van der Waals surface area contributed by atoms with Crippen molar-refractivity contribution in [3.8, 4) is 11.5 Å². The molecule has 1 aliphatic rings. The van der Waals surface area contributed by atoms with Crippen LogP contribution in [0.15, 0.2) is 65.9 Å². The van der Waals surface area contributed by atoms with Crippen LogP contribution in [0.3, 0.4) is 0 Å². The lowest BCUT2D eigenvalue weighted by Gasteiger charge is -2.24. The number of amides is 1. The standard InChI is InChI=1S/C27H24N2O6S/c1-4-35-21-14-18(11-13-19(21)31)23-22(20(32)12-10-17-8-6-5-7-9-17)24(33)26(34)29(23)27-28-15(2)25(36-27)16(3)30/h5-14,23,31,33H,4H2,1-3H3. The fourth-order valence-corrected chi connectivity index (χ4v) is 4.97. The average Bonchev–Trinajstić information content (AvgIpc) is 3.37. The third-order valence-electron chi connectivity index (χ3n) is 5.61. The highest BCUT2D eigenvalue weighted by molar-refractivity contribution is 7.17. The Kier molecular flexibility index (Phi) is 7.03. The number of benzene rings is 2. The van der Waals surface area contributed by atoms with E-state index in [4.69, 9.17) is 4.74 Å². The number of rotatable bonds is 8. The lowest BCUT2D eigenvalue weighted by atomic mass is 9.95. The summed E-state index contributed by atoms with van der Waals surface area (Å²) in [7, 11) is 0. The van der Waals surface area contributed by atoms with E-state index < -0.39 is 23.5 Å². The minimum absolute atomic E-state index is 0.106. The first kappa shape index (κ1) is 24.9. The number of hydrogen-bond acceptors (Lipinski definition) is 8. The van der Waals surface area contributed by atoms with Gasteiger partial charge in [-0.15, -0.1) is 0 Å². The first-order valence-electron chi connectivity index (χ1n) is 11.2. The lowest BCUT2D eigenvalue weighted by molar-refractivity contribution is -0.117. The molecule has 2 N–H and O–H groups in total. The van der Waals surface area contributed by atoms with Crippen molar-refractivity contribution in [2.45, 2.75) is 26.8 Å². The minimum atomic E-state index is -1.06. The molecule has 9 heteroatoms. The Morgan fingerprint density at radius 3 is 2.53 bits per heavy atom. The van der Waals surface area contributed by atoms with Crippen LogP contribution in [0.1, 0.15) is 46.4 Å². The number of phenolic OH excluding ortho intramolecular Hbond substituents is 1. The number of aliphatic hydroxyl groups is 1. The molecule has 2 aromatic carbocycles. The van der Waals surface area contributed by atoms with E-state index >= 15 is 0 Å². The van der Waals surface area contributed by atoms with Gasteiger partial charge in [-0.25, -0.2) is 4.98 Å². The Morgan fingerprint density at radius 1 is 1.17 bits per heavy atom. The van der Waals surface area contributed by atoms with Crippen LogP contribution >= 0.6 is 11.3 Å². The molecule has 184 valence electrons. The number of thiazole rings is 1. The van der Waals surface area contributed by atoms with Gasteiger partial charge in [0.2, 0.25) is 0 Å². The molecule has 1 aromatic heterocycles. The molecule has 1 atom stereocenters. The topological polar surface area (TPSA) is 117 Å². The second-order valence-electron chi connectivity index (χ2n) is 8.08. The van der Waals surface area contributed by atoms with E-state index in [9.17, 15) is 24.6 Å². The molecule has 8 nitrogen and oxygen atoms in total. The predicted octanol–water partition coefficient (Wildman–Crippen LogP) is 4.94. The van der Waals surface area contributed by atoms with Gasteiger partial charge in [-0.1, -0.05) is 53.8 Å². The van der Waals surface area contributed by atoms with Crippen molar-refractivity contribution in [2.24, 2.45) is 0 Å². The second-order valence-corrected chi connectivity index (χ2v) is 9.05. The summed E-state index contributed by atoms with van der Waals surface area (Å²) >= 11 is 1.01. The summed E-state index contributed by atoms with van der Waals surface area (Å²) in [6, 6.07) is 12.5. The molecule has 0 bridgehead atoms. The van der Waals surface area contributed by atoms with Crippen LogP contribution in [0, 0.1) is 6.92 Å². The van der Waals surface area contributed by atoms with Crippen LogP contribution in [0.2, 0.25) is 0 Å². The number of Topliss-reactive ketones (excluding diaryl/α,β-unsaturated/α-hetero) is 1. The number of aliphatic hydroxyl groups excluding tert-OH is 1. The van der Waals surface area contributed by atoms with E-state index in [0.717, 1.165) is 16.9 Å². The number of aromatic nitrogens is 1. The van der Waals surface area contributed by atoms with Crippen LogP contribution < -0.4 is 9.64 Å². The number of hydrogen-bond donors (Lipinski definition) is 2. The van der Waals surface area contributed by atoms with Gasteiger partial charge in [0.15, 0.2) is 34.0 Å². The molecule has 0 radical (unpaired) electrons. The quantitative estimate of drug-likeness (QED) is 0.330. The van der Waals surface area contributed by atoms with Crippen molar-refractivity contribution in [1.29, 1.82) is 0 Å². The van der Waals surface area contributed by atoms with Gasteiger partial charge in [0, 0.05) is 6.92 Å². The van der Waals surface area contributed by atoms with Crippen molar-refractivity contribution in [3.63, 3.8) is 0 Å². The van der Waals surface area contributed by atoms with Gasteiger partial charge < -0.3 is 14.9 Å². The summed E-state index contributed by atoms with van der Waals surface area (Å²) in [4.78, 5) is 44.7. The normalized spacial score (nSPS) is 15.7. The molecule has 0 saturated heterocycles. The molecule has 36 heavy (non-hydrogen) atoms. The minimum Gasteiger partial charge on any atom is -0.504 e. The summed E-state index contributed by atoms with van der Waals surface area (Å²) in [5.41, 5.74) is 1.49. The Labute approximate surface area is 211 Å². The molecule has 2 heterocycles. The van der Waals surface area contributed by atoms with E-state index in [1.807, 2.05) is 30.3 Å². The first-order valence-corrected chi connectivity index (χ1v) is 12.0. The molecular weight excluding hydrogens is 480 g/mol. The third kappa shape index (κ3) is 4.65. The number of nitrogens with zero attached hydrogens (tertiary/aromatic N) is 2. The highest BCUT2D eigenvalue weighted by Crippen LogP contribution is 2.44. The zero-order valence-corrected chi connectivity index (χ0v) is 20.7. The highest BCUT2D eigenvalue weighted by Gasteiger charge is 2.45. The number of anilines is 1. The average molecular weight is 505 g/mol. The van der Waals surface area contributed by atoms with E-state index in [0.29, 0.717) is 16.1 Å². The maximum atomic E-state index is 13.4. The number of carbonyl (C=O) groups excluding carboxylic acids is 3. The zero-order chi connectivity index (χ0) is 26.0. The van der Waals surface area contributed by atoms with Gasteiger partial charge in [-0.3, -0.25) is 19.3 Å². The number of aryl methyl sites for hydroxylation is 1. The largest absolute Gasteiger partial charge is 0.504 e. The molecular formula is C27H24N2O6S. The van der Waals surface area contributed by atoms with Crippen molar-refractivity contribution >= 4 is 40.0 Å². The predicted molar refractivity (Wildman–Crippen MR) is 136 cm³/mol. The summed E-state index contributed by atoms with van der Waals surface area (Å²) in [5.74, 6) is -2.23. The van der Waals surface area contributed by atoms with Crippen LogP contribution in [0.25, 0.3) is 6.08 Å². The second kappa shape index (κ2) is 10.2. The number of allylic oxidation sites excluding steroid dienone is 1. The Bertz CT molecular complexity index is 1410. The van der Waals surface area contributed by atoms with Gasteiger partial charge in [0.05, 0.1) is 28.8 Å². The van der Waals surface area contributed by atoms with Gasteiger partial charge in [0.25, 0.3) is 5.91 Å². The van der Waals surface area contributed by atoms with Gasteiger partial charge in [0.1, 0.15) is 0 Å². The van der Waals surface area contributed by atoms with Crippen molar-refractivity contribution in [3.05, 3.63) is 87.6 Å². The van der Waals surface area contributed by atoms with E-state index in [1.54, 1.807) is 26.0 Å². The molecule has 3 aromatic rings. The number of phenols is 1. The van der Waals surface area contributed by atoms with Gasteiger partial charge in [-0.2, -0.15) is 0 Å². The number of ether oxygens (including phenoxy) is 1. The Hall–Kier alpha value is -4.24. The Morgan fingerprint density at radius 2 is 1.89 bits per heavy atom. The molecule has 0 spiro atoms. The zero-order valence-electron chi connectivity index (χ0n) is 19.9. The van der Waals surface area contributed by atoms with Gasteiger partial charge in [-0.05, 0) is 43.2 Å². The third-order valence-corrected chi connectivity index (χ3v) is 6.87. The summed E-state index contributed by atoms with van der Waals surface area (Å²) < 4.78 is 5.50. The molecule has 0 saturated carbocycles. The fraction of sp³-hybridized carbons (Fsp3) is 0.185. The summed E-state index contributed by atoms with van der Waals surface area (Å²) in [6.45, 7) is 5.10. The van der Waals surface area contributed by atoms with E-state index in [2.05, 4.69) is 4.98 Å². The molecule has 0 aliphatic carbocycles. The summed E-state index contributed by atoms with van der Waals surface area (Å²) in [5, 5.41) is 21.2. The molecule has 4 rings (SSSR count). The Balaban J connectivity index is 1.84. The number of aromatic hydroxyl groups is 1. The number of carbonyl (C=O) groups is 3. The van der Waals surface area contributed by atoms with Crippen molar-refractivity contribution in [2.75, 3.05) is 11.5 Å². The molecule has 1 unspecified atom stereocenters. The molecule has 1 amide bonds. The first-order chi connectivity index (χ1) is 17.2. The van der Waals surface area contributed by atoms with Crippen LogP contribution in [0.5, 0.6) is 11.5 Å². The molecule has 0 fully saturated rings. The van der Waals surface area contributed by atoms with Crippen LogP contribution in [-0.4, -0.2) is 39.3 Å². The maximum absolute atomic E-state index is 13.4. The monoisotopic (exact) mass is 504 g/mol. The van der Waals surface area contributed by atoms with Crippen molar-refractivity contribution < 1.29 is 29.3 Å². The van der Waals surface area contributed by atoms with E-state index in [1.165, 1.54) is 30.0 Å². The van der Waals surface area contributed by atoms with Crippen molar-refractivity contribution in [1.82, 2.24) is 4.98 Å². The van der Waals surface area contributed by atoms with Gasteiger partial charge >= 0.3 is 0 Å². The smallest absolute Gasteiger partial charge is 0.296 e. The SMILES string of the molecule is CCOc1cc(C2C(C(=O)C=Cc3ccccc3)=C(O)C(=O)N2c2nc(C)c(C(C)=O)s2)ccc1O. The highest BCUT2D eigenvalue weighted by atomic mass is 32.1. The molecule has 1 aliphatic heterocycles.